The van der Waals surface area contributed by atoms with Crippen LogP contribution in [0.4, 0.5) is 4.79 Å². The lowest BCUT2D eigenvalue weighted by Crippen LogP contribution is -2.72. The Balaban J connectivity index is 2.00. The largest absolute Gasteiger partial charge is 0.444 e. The monoisotopic (exact) mass is 297 g/mol. The molecule has 20 heavy (non-hydrogen) atoms. The molecular weight excluding hydrogens is 282 g/mol. The van der Waals surface area contributed by atoms with Gasteiger partial charge in [-0.3, -0.25) is 4.79 Å². The summed E-state index contributed by atoms with van der Waals surface area (Å²) in [5.41, 5.74) is -1.17. The van der Waals surface area contributed by atoms with Crippen LogP contribution in [0.1, 0.15) is 27.2 Å². The van der Waals surface area contributed by atoms with Crippen molar-refractivity contribution in [3.63, 3.8) is 0 Å². The number of nitrogens with one attached hydrogen (secondary N) is 1. The fourth-order valence-corrected chi connectivity index (χ4v) is 2.68. The molecule has 108 valence electrons. The van der Waals surface area contributed by atoms with Gasteiger partial charge in [-0.15, -0.1) is 0 Å². The highest BCUT2D eigenvalue weighted by molar-refractivity contribution is 6.33. The predicted molar refractivity (Wildman–Crippen MR) is 71.8 cm³/mol. The molecule has 0 atom stereocenters. The number of hydrogen-bond acceptors (Lipinski definition) is 4. The standard InChI is InChI=1S/C13H16ClN3O3/c1-12(2,3)20-11(19)17-6-13(7-17)4-9(14)8(5-15)10(18)16-13/h4,6-7H2,1-3H3,(H,16,18). The van der Waals surface area contributed by atoms with Crippen molar-refractivity contribution in [1.82, 2.24) is 10.2 Å². The van der Waals surface area contributed by atoms with E-state index in [9.17, 15) is 9.59 Å². The lowest BCUT2D eigenvalue weighted by Gasteiger charge is -2.51. The summed E-state index contributed by atoms with van der Waals surface area (Å²) in [5.74, 6) is -0.479. The van der Waals surface area contributed by atoms with Gasteiger partial charge in [0.1, 0.15) is 17.2 Å². The Morgan fingerprint density at radius 1 is 1.50 bits per heavy atom. The number of nitrogens with zero attached hydrogens (tertiary/aromatic N) is 2. The second-order valence-corrected chi connectivity index (χ2v) is 6.60. The first kappa shape index (κ1) is 14.7. The highest BCUT2D eigenvalue weighted by Gasteiger charge is 2.50. The molecule has 2 amide bonds. The van der Waals surface area contributed by atoms with Crippen molar-refractivity contribution in [2.45, 2.75) is 38.3 Å². The fraction of sp³-hybridized carbons (Fsp3) is 0.615. The molecule has 1 N–H and O–H groups in total. The van der Waals surface area contributed by atoms with Crippen LogP contribution in [0.15, 0.2) is 10.6 Å². The number of halogens is 1. The van der Waals surface area contributed by atoms with Crippen molar-refractivity contribution in [2.75, 3.05) is 13.1 Å². The van der Waals surface area contributed by atoms with Gasteiger partial charge >= 0.3 is 6.09 Å². The quantitative estimate of drug-likeness (QED) is 0.735. The second kappa shape index (κ2) is 4.67. The van der Waals surface area contributed by atoms with Crippen molar-refractivity contribution in [3.05, 3.63) is 10.6 Å². The van der Waals surface area contributed by atoms with Gasteiger partial charge in [-0.25, -0.2) is 4.79 Å². The highest BCUT2D eigenvalue weighted by Crippen LogP contribution is 2.35. The van der Waals surface area contributed by atoms with E-state index in [1.54, 1.807) is 26.8 Å². The summed E-state index contributed by atoms with van der Waals surface area (Å²) in [5, 5.41) is 11.8. The molecule has 1 spiro atoms. The van der Waals surface area contributed by atoms with Gasteiger partial charge in [-0.05, 0) is 20.8 Å². The molecular formula is C13H16ClN3O3. The molecule has 2 heterocycles. The average Bonchev–Trinajstić information content (AvgIpc) is 2.22. The molecule has 0 aliphatic carbocycles. The fourth-order valence-electron chi connectivity index (χ4n) is 2.30. The minimum atomic E-state index is -0.564. The maximum atomic E-state index is 11.8. The van der Waals surface area contributed by atoms with Crippen LogP contribution in [0.3, 0.4) is 0 Å². The summed E-state index contributed by atoms with van der Waals surface area (Å²) >= 11 is 5.97. The summed E-state index contributed by atoms with van der Waals surface area (Å²) in [7, 11) is 0. The van der Waals surface area contributed by atoms with E-state index in [4.69, 9.17) is 21.6 Å². The Hall–Kier alpha value is -1.74. The smallest absolute Gasteiger partial charge is 0.410 e. The van der Waals surface area contributed by atoms with E-state index in [0.717, 1.165) is 0 Å². The van der Waals surface area contributed by atoms with Gasteiger partial charge < -0.3 is 15.0 Å². The van der Waals surface area contributed by atoms with Crippen LogP contribution < -0.4 is 5.32 Å². The van der Waals surface area contributed by atoms with E-state index in [1.807, 2.05) is 0 Å². The molecule has 1 saturated heterocycles. The molecule has 2 aliphatic rings. The van der Waals surface area contributed by atoms with Gasteiger partial charge in [-0.2, -0.15) is 5.26 Å². The third-order valence-corrected chi connectivity index (χ3v) is 3.44. The van der Waals surface area contributed by atoms with Crippen LogP contribution in [-0.4, -0.2) is 41.1 Å². The summed E-state index contributed by atoms with van der Waals surface area (Å²) in [6.07, 6.45) is -0.0498. The number of carbonyl (C=O) groups excluding carboxylic acids is 2. The number of likely N-dealkylation sites (tertiary alicyclic amines) is 1. The molecule has 1 fully saturated rings. The van der Waals surface area contributed by atoms with Crippen LogP contribution >= 0.6 is 11.6 Å². The van der Waals surface area contributed by atoms with Gasteiger partial charge in [0.25, 0.3) is 5.91 Å². The van der Waals surface area contributed by atoms with Crippen molar-refractivity contribution >= 4 is 23.6 Å². The zero-order valence-corrected chi connectivity index (χ0v) is 12.4. The first-order valence-corrected chi connectivity index (χ1v) is 6.63. The first-order chi connectivity index (χ1) is 9.16. The second-order valence-electron chi connectivity index (χ2n) is 6.14. The van der Waals surface area contributed by atoms with Crippen LogP contribution in [0.25, 0.3) is 0 Å². The lowest BCUT2D eigenvalue weighted by molar-refractivity contribution is -0.122. The number of hydrogen-bond donors (Lipinski definition) is 1. The van der Waals surface area contributed by atoms with Crippen molar-refractivity contribution in [1.29, 1.82) is 5.26 Å². The van der Waals surface area contributed by atoms with Crippen molar-refractivity contribution < 1.29 is 14.3 Å². The van der Waals surface area contributed by atoms with E-state index < -0.39 is 23.1 Å². The summed E-state index contributed by atoms with van der Waals surface area (Å²) in [4.78, 5) is 25.1. The van der Waals surface area contributed by atoms with Gasteiger partial charge in [0, 0.05) is 24.5 Å². The minimum absolute atomic E-state index is 0.0481. The summed E-state index contributed by atoms with van der Waals surface area (Å²) < 4.78 is 5.25. The number of rotatable bonds is 0. The van der Waals surface area contributed by atoms with Crippen molar-refractivity contribution in [3.8, 4) is 6.07 Å². The van der Waals surface area contributed by atoms with E-state index >= 15 is 0 Å². The third kappa shape index (κ3) is 2.73. The van der Waals surface area contributed by atoms with Crippen LogP contribution in [-0.2, 0) is 9.53 Å². The van der Waals surface area contributed by atoms with Crippen molar-refractivity contribution in [2.24, 2.45) is 0 Å². The Bertz CT molecular complexity index is 536. The Kier molecular flexibility index (Phi) is 3.42. The van der Waals surface area contributed by atoms with Gasteiger partial charge in [0.05, 0.1) is 5.54 Å². The van der Waals surface area contributed by atoms with E-state index in [0.29, 0.717) is 19.5 Å². The Labute approximate surface area is 122 Å². The number of nitriles is 1. The zero-order valence-electron chi connectivity index (χ0n) is 11.6. The summed E-state index contributed by atoms with van der Waals surface area (Å²) in [6, 6.07) is 1.78. The molecule has 2 rings (SSSR count). The van der Waals surface area contributed by atoms with E-state index in [1.165, 1.54) is 4.90 Å². The lowest BCUT2D eigenvalue weighted by atomic mass is 9.83. The molecule has 2 aliphatic heterocycles. The highest BCUT2D eigenvalue weighted by atomic mass is 35.5. The molecule has 0 aromatic heterocycles. The molecule has 0 unspecified atom stereocenters. The minimum Gasteiger partial charge on any atom is -0.444 e. The van der Waals surface area contributed by atoms with Gasteiger partial charge in [-0.1, -0.05) is 11.6 Å². The molecule has 0 bridgehead atoms. The van der Waals surface area contributed by atoms with E-state index in [-0.39, 0.29) is 10.6 Å². The SMILES string of the molecule is CC(C)(C)OC(=O)N1CC2(CC(Cl)=C(C#N)C(=O)N2)C1. The third-order valence-electron chi connectivity index (χ3n) is 3.12. The predicted octanol–water partition coefficient (Wildman–Crippen LogP) is 1.51. The van der Waals surface area contributed by atoms with Gasteiger partial charge in [0.15, 0.2) is 0 Å². The zero-order chi connectivity index (χ0) is 15.1. The summed E-state index contributed by atoms with van der Waals surface area (Å²) in [6.45, 7) is 6.05. The Morgan fingerprint density at radius 2 is 2.10 bits per heavy atom. The maximum absolute atomic E-state index is 11.8. The molecule has 0 saturated carbocycles. The van der Waals surface area contributed by atoms with Crippen LogP contribution in [0.5, 0.6) is 0 Å². The topological polar surface area (TPSA) is 82.4 Å². The number of carbonyl (C=O) groups is 2. The van der Waals surface area contributed by atoms with E-state index in [2.05, 4.69) is 5.32 Å². The maximum Gasteiger partial charge on any atom is 0.410 e. The molecule has 0 radical (unpaired) electrons. The number of amides is 2. The average molecular weight is 298 g/mol. The van der Waals surface area contributed by atoms with Crippen LogP contribution in [0.2, 0.25) is 0 Å². The molecule has 7 heteroatoms. The van der Waals surface area contributed by atoms with Gasteiger partial charge in [0.2, 0.25) is 0 Å². The number of ether oxygens (including phenoxy) is 1. The molecule has 0 aromatic rings. The first-order valence-electron chi connectivity index (χ1n) is 6.25. The molecule has 0 aromatic carbocycles. The molecule has 6 nitrogen and oxygen atoms in total. The normalized spacial score (nSPS) is 21.1. The van der Waals surface area contributed by atoms with Crippen LogP contribution in [0, 0.1) is 11.3 Å². The Morgan fingerprint density at radius 3 is 2.55 bits per heavy atom.